The minimum atomic E-state index is 0.256. The van der Waals surface area contributed by atoms with E-state index in [2.05, 4.69) is 21.9 Å². The van der Waals surface area contributed by atoms with E-state index in [4.69, 9.17) is 15.9 Å². The summed E-state index contributed by atoms with van der Waals surface area (Å²) in [7, 11) is 1.61. The minimum absolute atomic E-state index is 0.256. The second kappa shape index (κ2) is 4.78. The van der Waals surface area contributed by atoms with E-state index in [1.807, 2.05) is 12.1 Å². The van der Waals surface area contributed by atoms with Crippen LogP contribution in [0.5, 0.6) is 11.5 Å². The zero-order chi connectivity index (χ0) is 9.68. The Balaban J connectivity index is 2.85. The van der Waals surface area contributed by atoms with Gasteiger partial charge in [0, 0.05) is 6.07 Å². The second-order valence-electron chi connectivity index (χ2n) is 2.29. The Kier molecular flexibility index (Phi) is 3.66. The zero-order valence-corrected chi connectivity index (χ0v) is 8.80. The third kappa shape index (κ3) is 2.67. The van der Waals surface area contributed by atoms with Gasteiger partial charge in [0.15, 0.2) is 0 Å². The van der Waals surface area contributed by atoms with E-state index in [0.29, 0.717) is 5.75 Å². The molecule has 68 valence electrons. The summed E-state index contributed by atoms with van der Waals surface area (Å²) in [6.07, 6.45) is 5.08. The molecule has 1 rings (SSSR count). The molecule has 0 atom stereocenters. The number of terminal acetylenes is 1. The minimum Gasteiger partial charge on any atom is -0.497 e. The maximum Gasteiger partial charge on any atom is 0.148 e. The molecule has 0 radical (unpaired) electrons. The van der Waals surface area contributed by atoms with E-state index in [1.165, 1.54) is 0 Å². The third-order valence-electron chi connectivity index (χ3n) is 1.45. The van der Waals surface area contributed by atoms with Gasteiger partial charge in [-0.25, -0.2) is 0 Å². The summed E-state index contributed by atoms with van der Waals surface area (Å²) in [5, 5.41) is 0. The fourth-order valence-corrected chi connectivity index (χ4v) is 1.20. The average Bonchev–Trinajstić information content (AvgIpc) is 2.17. The Bertz CT molecular complexity index is 328. The van der Waals surface area contributed by atoms with Crippen LogP contribution in [-0.4, -0.2) is 13.7 Å². The molecule has 0 saturated heterocycles. The Morgan fingerprint density at radius 3 is 2.92 bits per heavy atom. The summed E-state index contributed by atoms with van der Waals surface area (Å²) in [5.74, 6) is 3.83. The molecule has 0 bridgehead atoms. The number of benzene rings is 1. The van der Waals surface area contributed by atoms with Gasteiger partial charge in [-0.2, -0.15) is 0 Å². The molecule has 3 heteroatoms. The van der Waals surface area contributed by atoms with Gasteiger partial charge in [0.05, 0.1) is 11.6 Å². The van der Waals surface area contributed by atoms with E-state index < -0.39 is 0 Å². The molecule has 0 saturated carbocycles. The lowest BCUT2D eigenvalue weighted by Gasteiger charge is -2.06. The molecule has 13 heavy (non-hydrogen) atoms. The van der Waals surface area contributed by atoms with E-state index >= 15 is 0 Å². The van der Waals surface area contributed by atoms with E-state index in [1.54, 1.807) is 13.2 Å². The predicted octanol–water partition coefficient (Wildman–Crippen LogP) is 2.47. The van der Waals surface area contributed by atoms with Gasteiger partial charge in [0.1, 0.15) is 18.1 Å². The molecule has 0 aromatic heterocycles. The maximum absolute atomic E-state index is 5.27. The average molecular weight is 241 g/mol. The van der Waals surface area contributed by atoms with Crippen molar-refractivity contribution in [1.29, 1.82) is 0 Å². The largest absolute Gasteiger partial charge is 0.497 e. The number of hydrogen-bond donors (Lipinski definition) is 0. The lowest BCUT2D eigenvalue weighted by atomic mass is 10.3. The first-order valence-corrected chi connectivity index (χ1v) is 4.47. The van der Waals surface area contributed by atoms with Gasteiger partial charge in [-0.1, -0.05) is 5.92 Å². The zero-order valence-electron chi connectivity index (χ0n) is 7.21. The Morgan fingerprint density at radius 1 is 1.54 bits per heavy atom. The van der Waals surface area contributed by atoms with Gasteiger partial charge < -0.3 is 9.47 Å². The van der Waals surface area contributed by atoms with Crippen molar-refractivity contribution in [2.75, 3.05) is 13.7 Å². The van der Waals surface area contributed by atoms with Crippen LogP contribution in [0.15, 0.2) is 22.7 Å². The van der Waals surface area contributed by atoms with Gasteiger partial charge in [-0.05, 0) is 28.1 Å². The van der Waals surface area contributed by atoms with E-state index in [9.17, 15) is 0 Å². The van der Waals surface area contributed by atoms with Crippen LogP contribution in [0.3, 0.4) is 0 Å². The lowest BCUT2D eigenvalue weighted by molar-refractivity contribution is 0.361. The van der Waals surface area contributed by atoms with Crippen molar-refractivity contribution in [3.05, 3.63) is 22.7 Å². The summed E-state index contributed by atoms with van der Waals surface area (Å²) in [6, 6.07) is 5.47. The molecule has 0 aliphatic rings. The highest BCUT2D eigenvalue weighted by Gasteiger charge is 2.01. The molecule has 2 nitrogen and oxygen atoms in total. The fourth-order valence-electron chi connectivity index (χ4n) is 0.841. The predicted molar refractivity (Wildman–Crippen MR) is 55.0 cm³/mol. The summed E-state index contributed by atoms with van der Waals surface area (Å²) in [6.45, 7) is 0.256. The highest BCUT2D eigenvalue weighted by atomic mass is 79.9. The van der Waals surface area contributed by atoms with Crippen molar-refractivity contribution in [3.8, 4) is 23.8 Å². The van der Waals surface area contributed by atoms with E-state index in [-0.39, 0.29) is 6.61 Å². The van der Waals surface area contributed by atoms with Crippen molar-refractivity contribution in [3.63, 3.8) is 0 Å². The van der Waals surface area contributed by atoms with Gasteiger partial charge in [-0.3, -0.25) is 0 Å². The van der Waals surface area contributed by atoms with Gasteiger partial charge in [0.25, 0.3) is 0 Å². The summed E-state index contributed by atoms with van der Waals surface area (Å²) in [4.78, 5) is 0. The number of methoxy groups -OCH3 is 1. The number of halogens is 1. The van der Waals surface area contributed by atoms with Crippen LogP contribution in [0.2, 0.25) is 0 Å². The van der Waals surface area contributed by atoms with Crippen molar-refractivity contribution in [2.45, 2.75) is 0 Å². The molecule has 0 unspecified atom stereocenters. The van der Waals surface area contributed by atoms with Crippen LogP contribution >= 0.6 is 15.9 Å². The highest BCUT2D eigenvalue weighted by molar-refractivity contribution is 9.10. The molecule has 0 amide bonds. The first kappa shape index (κ1) is 9.94. The SMILES string of the molecule is C#CCOc1cc(OC)ccc1Br. The fraction of sp³-hybridized carbons (Fsp3) is 0.200. The molecule has 0 fully saturated rings. The Hall–Kier alpha value is -1.14. The standard InChI is InChI=1S/C10H9BrO2/c1-3-6-13-10-7-8(12-2)4-5-9(10)11/h1,4-5,7H,6H2,2H3. The first-order valence-electron chi connectivity index (χ1n) is 3.67. The van der Waals surface area contributed by atoms with Crippen molar-refractivity contribution in [1.82, 2.24) is 0 Å². The Labute approximate surface area is 86.0 Å². The molecule has 0 aliphatic heterocycles. The van der Waals surface area contributed by atoms with Crippen LogP contribution in [0.4, 0.5) is 0 Å². The third-order valence-corrected chi connectivity index (χ3v) is 2.10. The van der Waals surface area contributed by atoms with Crippen LogP contribution in [0.25, 0.3) is 0 Å². The number of rotatable bonds is 3. The van der Waals surface area contributed by atoms with Gasteiger partial charge >= 0.3 is 0 Å². The Morgan fingerprint density at radius 2 is 2.31 bits per heavy atom. The normalized spacial score (nSPS) is 9.00. The summed E-state index contributed by atoms with van der Waals surface area (Å²) >= 11 is 3.34. The van der Waals surface area contributed by atoms with Crippen molar-refractivity contribution < 1.29 is 9.47 Å². The summed E-state index contributed by atoms with van der Waals surface area (Å²) < 4.78 is 11.2. The molecule has 1 aromatic carbocycles. The monoisotopic (exact) mass is 240 g/mol. The molecule has 0 N–H and O–H groups in total. The van der Waals surface area contributed by atoms with Crippen LogP contribution < -0.4 is 9.47 Å². The summed E-state index contributed by atoms with van der Waals surface area (Å²) in [5.41, 5.74) is 0. The quantitative estimate of drug-likeness (QED) is 0.757. The number of ether oxygens (including phenoxy) is 2. The molecule has 0 heterocycles. The maximum atomic E-state index is 5.27. The molecule has 0 aliphatic carbocycles. The molecular formula is C10H9BrO2. The van der Waals surface area contributed by atoms with E-state index in [0.717, 1.165) is 10.2 Å². The molecule has 1 aromatic rings. The molecule has 0 spiro atoms. The van der Waals surface area contributed by atoms with Crippen LogP contribution in [-0.2, 0) is 0 Å². The van der Waals surface area contributed by atoms with Crippen molar-refractivity contribution in [2.24, 2.45) is 0 Å². The lowest BCUT2D eigenvalue weighted by Crippen LogP contribution is -1.94. The topological polar surface area (TPSA) is 18.5 Å². The van der Waals surface area contributed by atoms with Crippen molar-refractivity contribution >= 4 is 15.9 Å². The second-order valence-corrected chi connectivity index (χ2v) is 3.14. The molecular weight excluding hydrogens is 232 g/mol. The highest BCUT2D eigenvalue weighted by Crippen LogP contribution is 2.28. The first-order chi connectivity index (χ1) is 6.27. The van der Waals surface area contributed by atoms with Gasteiger partial charge in [-0.15, -0.1) is 6.42 Å². The van der Waals surface area contributed by atoms with Gasteiger partial charge in [0.2, 0.25) is 0 Å². The van der Waals surface area contributed by atoms with Crippen LogP contribution in [0.1, 0.15) is 0 Å². The smallest absolute Gasteiger partial charge is 0.148 e. The van der Waals surface area contributed by atoms with Crippen LogP contribution in [0, 0.1) is 12.3 Å². The number of hydrogen-bond acceptors (Lipinski definition) is 2.